The molecular formula is C19H23N3O3. The van der Waals surface area contributed by atoms with E-state index in [-0.39, 0.29) is 18.1 Å². The number of amides is 1. The zero-order valence-corrected chi connectivity index (χ0v) is 14.1. The van der Waals surface area contributed by atoms with E-state index in [2.05, 4.69) is 15.2 Å². The summed E-state index contributed by atoms with van der Waals surface area (Å²) in [4.78, 5) is 19.0. The van der Waals surface area contributed by atoms with Gasteiger partial charge in [-0.2, -0.15) is 0 Å². The Balaban J connectivity index is 1.29. The summed E-state index contributed by atoms with van der Waals surface area (Å²) in [6.45, 7) is 2.24. The average molecular weight is 341 g/mol. The van der Waals surface area contributed by atoms with Gasteiger partial charge in [-0.3, -0.25) is 14.7 Å². The molecule has 132 valence electrons. The Kier molecular flexibility index (Phi) is 4.81. The zero-order chi connectivity index (χ0) is 17.1. The number of carbonyl (C=O) groups excluding carboxylic acids is 1. The van der Waals surface area contributed by atoms with Gasteiger partial charge >= 0.3 is 0 Å². The molecule has 1 N–H and O–H groups in total. The molecule has 0 saturated carbocycles. The van der Waals surface area contributed by atoms with Crippen molar-refractivity contribution in [2.75, 3.05) is 6.54 Å². The Morgan fingerprint density at radius 1 is 1.24 bits per heavy atom. The number of aromatic nitrogens is 1. The number of rotatable bonds is 5. The summed E-state index contributed by atoms with van der Waals surface area (Å²) in [5.74, 6) is 0.949. The van der Waals surface area contributed by atoms with Crippen LogP contribution in [0.1, 0.15) is 30.7 Å². The Morgan fingerprint density at radius 3 is 3.00 bits per heavy atom. The van der Waals surface area contributed by atoms with E-state index >= 15 is 0 Å². The largest absolute Gasteiger partial charge is 0.468 e. The lowest BCUT2D eigenvalue weighted by atomic mass is 9.98. The SMILES string of the molecule is O=C(NCc1ccccn1)[C@H]1CC[C@@H]2[C@@H](CCN2Cc2ccco2)O1. The number of pyridine rings is 1. The quantitative estimate of drug-likeness (QED) is 0.902. The maximum atomic E-state index is 12.4. The second-order valence-electron chi connectivity index (χ2n) is 6.69. The van der Waals surface area contributed by atoms with Gasteiger partial charge in [0.2, 0.25) is 5.91 Å². The van der Waals surface area contributed by atoms with E-state index in [0.29, 0.717) is 12.6 Å². The zero-order valence-electron chi connectivity index (χ0n) is 14.1. The maximum Gasteiger partial charge on any atom is 0.249 e. The second-order valence-corrected chi connectivity index (χ2v) is 6.69. The van der Waals surface area contributed by atoms with Gasteiger partial charge in [0.25, 0.3) is 0 Å². The highest BCUT2D eigenvalue weighted by atomic mass is 16.5. The number of nitrogens with one attached hydrogen (secondary N) is 1. The molecule has 0 radical (unpaired) electrons. The third-order valence-electron chi connectivity index (χ3n) is 5.06. The molecule has 0 unspecified atom stereocenters. The molecule has 2 fully saturated rings. The molecule has 0 spiro atoms. The molecule has 6 nitrogen and oxygen atoms in total. The minimum Gasteiger partial charge on any atom is -0.468 e. The van der Waals surface area contributed by atoms with Crippen LogP contribution >= 0.6 is 0 Å². The van der Waals surface area contributed by atoms with Crippen molar-refractivity contribution in [2.45, 2.75) is 50.6 Å². The summed E-state index contributed by atoms with van der Waals surface area (Å²) in [7, 11) is 0. The molecule has 6 heteroatoms. The first-order chi connectivity index (χ1) is 12.3. The lowest BCUT2D eigenvalue weighted by Gasteiger charge is -2.35. The topological polar surface area (TPSA) is 67.6 Å². The van der Waals surface area contributed by atoms with Crippen molar-refractivity contribution >= 4 is 5.91 Å². The summed E-state index contributed by atoms with van der Waals surface area (Å²) in [6, 6.07) is 9.99. The molecule has 2 aliphatic rings. The summed E-state index contributed by atoms with van der Waals surface area (Å²) < 4.78 is 11.6. The number of ether oxygens (including phenoxy) is 1. The van der Waals surface area contributed by atoms with Crippen LogP contribution in [0.15, 0.2) is 47.2 Å². The van der Waals surface area contributed by atoms with Gasteiger partial charge in [-0.15, -0.1) is 0 Å². The number of hydrogen-bond acceptors (Lipinski definition) is 5. The number of furan rings is 1. The van der Waals surface area contributed by atoms with Crippen molar-refractivity contribution in [3.63, 3.8) is 0 Å². The lowest BCUT2D eigenvalue weighted by Crippen LogP contribution is -2.47. The molecule has 0 aliphatic carbocycles. The first-order valence-electron chi connectivity index (χ1n) is 8.89. The first kappa shape index (κ1) is 16.3. The van der Waals surface area contributed by atoms with Gasteiger partial charge in [0.1, 0.15) is 11.9 Å². The molecule has 4 heterocycles. The van der Waals surface area contributed by atoms with Gasteiger partial charge in [0.15, 0.2) is 0 Å². The van der Waals surface area contributed by atoms with Crippen LogP contribution < -0.4 is 5.32 Å². The van der Waals surface area contributed by atoms with Crippen molar-refractivity contribution < 1.29 is 13.9 Å². The van der Waals surface area contributed by atoms with E-state index in [0.717, 1.165) is 43.8 Å². The van der Waals surface area contributed by atoms with Gasteiger partial charge in [-0.05, 0) is 43.5 Å². The molecule has 1 amide bonds. The van der Waals surface area contributed by atoms with Gasteiger partial charge in [0, 0.05) is 18.8 Å². The van der Waals surface area contributed by atoms with Gasteiger partial charge in [0.05, 0.1) is 31.2 Å². The minimum absolute atomic E-state index is 0.0337. The van der Waals surface area contributed by atoms with E-state index in [1.54, 1.807) is 12.5 Å². The monoisotopic (exact) mass is 341 g/mol. The fraction of sp³-hybridized carbons (Fsp3) is 0.474. The smallest absolute Gasteiger partial charge is 0.249 e. The van der Waals surface area contributed by atoms with Crippen molar-refractivity contribution in [1.82, 2.24) is 15.2 Å². The summed E-state index contributed by atoms with van der Waals surface area (Å²) in [6.07, 6.45) is 5.92. The highest BCUT2D eigenvalue weighted by Crippen LogP contribution is 2.32. The molecule has 2 aromatic rings. The lowest BCUT2D eigenvalue weighted by molar-refractivity contribution is -0.144. The Bertz CT molecular complexity index is 689. The molecule has 4 rings (SSSR count). The van der Waals surface area contributed by atoms with E-state index in [4.69, 9.17) is 9.15 Å². The predicted molar refractivity (Wildman–Crippen MR) is 91.5 cm³/mol. The van der Waals surface area contributed by atoms with E-state index in [1.807, 2.05) is 30.3 Å². The van der Waals surface area contributed by atoms with Crippen LogP contribution in [0.5, 0.6) is 0 Å². The standard InChI is InChI=1S/C19H23N3O3/c23-19(21-12-14-4-1-2-9-20-14)18-7-6-16-17(25-18)8-10-22(16)13-15-5-3-11-24-15/h1-5,9,11,16-18H,6-8,10,12-13H2,(H,21,23)/t16-,17-,18-/m1/s1. The molecule has 2 aromatic heterocycles. The Hall–Kier alpha value is -2.18. The molecule has 25 heavy (non-hydrogen) atoms. The fourth-order valence-corrected chi connectivity index (χ4v) is 3.80. The normalized spacial score (nSPS) is 26.3. The third-order valence-corrected chi connectivity index (χ3v) is 5.06. The Morgan fingerprint density at radius 2 is 2.20 bits per heavy atom. The number of carbonyl (C=O) groups is 1. The van der Waals surface area contributed by atoms with Crippen LogP contribution in [-0.2, 0) is 22.6 Å². The van der Waals surface area contributed by atoms with Crippen molar-refractivity contribution in [3.05, 3.63) is 54.2 Å². The van der Waals surface area contributed by atoms with Crippen LogP contribution in [0.3, 0.4) is 0 Å². The summed E-state index contributed by atoms with van der Waals surface area (Å²) in [5, 5.41) is 2.94. The van der Waals surface area contributed by atoms with Crippen LogP contribution in [0, 0.1) is 0 Å². The maximum absolute atomic E-state index is 12.4. The van der Waals surface area contributed by atoms with Gasteiger partial charge < -0.3 is 14.5 Å². The van der Waals surface area contributed by atoms with Crippen molar-refractivity contribution in [2.24, 2.45) is 0 Å². The minimum atomic E-state index is -0.353. The van der Waals surface area contributed by atoms with Crippen molar-refractivity contribution in [1.29, 1.82) is 0 Å². The van der Waals surface area contributed by atoms with Crippen LogP contribution in [0.4, 0.5) is 0 Å². The number of nitrogens with zero attached hydrogens (tertiary/aromatic N) is 2. The summed E-state index contributed by atoms with van der Waals surface area (Å²) in [5.41, 5.74) is 0.857. The Labute approximate surface area is 147 Å². The number of likely N-dealkylation sites (tertiary alicyclic amines) is 1. The van der Waals surface area contributed by atoms with Crippen molar-refractivity contribution in [3.8, 4) is 0 Å². The highest BCUT2D eigenvalue weighted by molar-refractivity contribution is 5.80. The number of hydrogen-bond donors (Lipinski definition) is 1. The number of fused-ring (bicyclic) bond motifs is 1. The molecule has 3 atom stereocenters. The van der Waals surface area contributed by atoms with Gasteiger partial charge in [-0.1, -0.05) is 6.07 Å². The van der Waals surface area contributed by atoms with E-state index < -0.39 is 0 Å². The molecule has 2 aliphatic heterocycles. The molecule has 0 aromatic carbocycles. The predicted octanol–water partition coefficient (Wildman–Crippen LogP) is 2.11. The highest BCUT2D eigenvalue weighted by Gasteiger charge is 2.41. The summed E-state index contributed by atoms with van der Waals surface area (Å²) >= 11 is 0. The third kappa shape index (κ3) is 3.75. The molecule has 0 bridgehead atoms. The fourth-order valence-electron chi connectivity index (χ4n) is 3.80. The molecular weight excluding hydrogens is 318 g/mol. The van der Waals surface area contributed by atoms with E-state index in [9.17, 15) is 4.79 Å². The second kappa shape index (κ2) is 7.37. The van der Waals surface area contributed by atoms with Crippen LogP contribution in [0.2, 0.25) is 0 Å². The molecule has 2 saturated heterocycles. The van der Waals surface area contributed by atoms with E-state index in [1.165, 1.54) is 0 Å². The van der Waals surface area contributed by atoms with Crippen LogP contribution in [0.25, 0.3) is 0 Å². The van der Waals surface area contributed by atoms with Crippen LogP contribution in [-0.4, -0.2) is 40.6 Å². The van der Waals surface area contributed by atoms with Gasteiger partial charge in [-0.25, -0.2) is 0 Å². The first-order valence-corrected chi connectivity index (χ1v) is 8.89. The average Bonchev–Trinajstić information content (AvgIpc) is 3.31.